The molecule has 150 valence electrons. The predicted octanol–water partition coefficient (Wildman–Crippen LogP) is 1.83. The molecule has 0 spiro atoms. The molecule has 0 radical (unpaired) electrons. The zero-order valence-electron chi connectivity index (χ0n) is 16.4. The number of anilines is 1. The van der Waals surface area contributed by atoms with E-state index in [-0.39, 0.29) is 6.61 Å². The molecule has 0 saturated carbocycles. The molecule has 0 aliphatic carbocycles. The van der Waals surface area contributed by atoms with Crippen molar-refractivity contribution in [2.75, 3.05) is 37.7 Å². The van der Waals surface area contributed by atoms with Crippen molar-refractivity contribution in [2.24, 2.45) is 0 Å². The molecule has 1 aliphatic heterocycles. The summed E-state index contributed by atoms with van der Waals surface area (Å²) in [5, 5.41) is 26.9. The van der Waals surface area contributed by atoms with E-state index in [1.54, 1.807) is 16.9 Å². The van der Waals surface area contributed by atoms with Gasteiger partial charge in [-0.2, -0.15) is 10.4 Å². The van der Waals surface area contributed by atoms with E-state index < -0.39 is 6.10 Å². The zero-order chi connectivity index (χ0) is 20.2. The number of nitriles is 1. The molecule has 29 heavy (non-hydrogen) atoms. The van der Waals surface area contributed by atoms with E-state index in [2.05, 4.69) is 26.4 Å². The Labute approximate surface area is 169 Å². The second-order valence-corrected chi connectivity index (χ2v) is 7.07. The molecule has 8 heteroatoms. The number of nitrogens with one attached hydrogen (secondary N) is 1. The molecule has 0 aromatic carbocycles. The quantitative estimate of drug-likeness (QED) is 0.660. The number of hydrogen-bond acceptors (Lipinski definition) is 7. The summed E-state index contributed by atoms with van der Waals surface area (Å²) in [6.07, 6.45) is 5.19. The molecule has 1 atom stereocenters. The van der Waals surface area contributed by atoms with Crippen LogP contribution >= 0.6 is 0 Å². The molecular weight excluding hydrogens is 368 g/mol. The van der Waals surface area contributed by atoms with Crippen LogP contribution < -0.4 is 15.0 Å². The number of ether oxygens (including phenoxy) is 1. The van der Waals surface area contributed by atoms with Gasteiger partial charge in [-0.1, -0.05) is 6.92 Å². The molecule has 0 bridgehead atoms. The van der Waals surface area contributed by atoms with Gasteiger partial charge in [-0.3, -0.25) is 0 Å². The van der Waals surface area contributed by atoms with Crippen molar-refractivity contribution in [3.05, 3.63) is 42.4 Å². The molecular formula is C21H24N6O2. The normalized spacial score (nSPS) is 15.3. The van der Waals surface area contributed by atoms with E-state index in [0.29, 0.717) is 23.3 Å². The number of hydrogen-bond donors (Lipinski definition) is 2. The van der Waals surface area contributed by atoms with Crippen molar-refractivity contribution in [1.82, 2.24) is 19.9 Å². The lowest BCUT2D eigenvalue weighted by Crippen LogP contribution is -2.43. The highest BCUT2D eigenvalue weighted by atomic mass is 16.5. The van der Waals surface area contributed by atoms with E-state index >= 15 is 0 Å². The van der Waals surface area contributed by atoms with Gasteiger partial charge < -0.3 is 20.1 Å². The summed E-state index contributed by atoms with van der Waals surface area (Å²) in [5.41, 5.74) is 2.91. The van der Waals surface area contributed by atoms with Crippen molar-refractivity contribution >= 4 is 11.3 Å². The van der Waals surface area contributed by atoms with Gasteiger partial charge in [0.15, 0.2) is 0 Å². The Balaban J connectivity index is 1.70. The average Bonchev–Trinajstić information content (AvgIpc) is 3.20. The molecule has 3 aromatic rings. The van der Waals surface area contributed by atoms with Gasteiger partial charge in [0.25, 0.3) is 0 Å². The standard InChI is InChI=1S/C21H24N6O2/c1-2-17(28)14-29-18-9-19(21-16(10-22)12-25-27(21)13-18)15-3-4-20(24-11-15)26-7-5-23-6-8-26/h3-4,9,11-13,17,23,28H,2,5-8,14H2,1H3. The van der Waals surface area contributed by atoms with Crippen molar-refractivity contribution < 1.29 is 9.84 Å². The maximum atomic E-state index is 9.81. The van der Waals surface area contributed by atoms with E-state index in [1.165, 1.54) is 0 Å². The lowest BCUT2D eigenvalue weighted by Gasteiger charge is -2.28. The van der Waals surface area contributed by atoms with E-state index in [4.69, 9.17) is 4.74 Å². The predicted molar refractivity (Wildman–Crippen MR) is 110 cm³/mol. The van der Waals surface area contributed by atoms with Crippen LogP contribution in [-0.4, -0.2) is 58.6 Å². The molecule has 1 saturated heterocycles. The summed E-state index contributed by atoms with van der Waals surface area (Å²) in [6.45, 7) is 5.87. The number of piperazine rings is 1. The third kappa shape index (κ3) is 4.01. The van der Waals surface area contributed by atoms with Crippen LogP contribution in [0.15, 0.2) is 36.8 Å². The van der Waals surface area contributed by atoms with Gasteiger partial charge in [-0.25, -0.2) is 9.50 Å². The molecule has 2 N–H and O–H groups in total. The third-order valence-electron chi connectivity index (χ3n) is 5.12. The minimum atomic E-state index is -0.526. The highest BCUT2D eigenvalue weighted by Gasteiger charge is 2.16. The van der Waals surface area contributed by atoms with Crippen LogP contribution in [0.3, 0.4) is 0 Å². The summed E-state index contributed by atoms with van der Waals surface area (Å²) >= 11 is 0. The van der Waals surface area contributed by atoms with Gasteiger partial charge in [0.1, 0.15) is 24.2 Å². The molecule has 8 nitrogen and oxygen atoms in total. The van der Waals surface area contributed by atoms with Crippen LogP contribution in [0.2, 0.25) is 0 Å². The lowest BCUT2D eigenvalue weighted by atomic mass is 10.1. The summed E-state index contributed by atoms with van der Waals surface area (Å²) in [4.78, 5) is 6.90. The number of pyridine rings is 2. The molecule has 1 aliphatic rings. The Morgan fingerprint density at radius 2 is 2.14 bits per heavy atom. The minimum absolute atomic E-state index is 0.202. The summed E-state index contributed by atoms with van der Waals surface area (Å²) in [5.74, 6) is 1.53. The maximum Gasteiger partial charge on any atom is 0.138 e. The zero-order valence-corrected chi connectivity index (χ0v) is 16.4. The fourth-order valence-electron chi connectivity index (χ4n) is 3.41. The van der Waals surface area contributed by atoms with E-state index in [9.17, 15) is 10.4 Å². The Hall–Kier alpha value is -3.15. The number of aromatic nitrogens is 3. The topological polar surface area (TPSA) is 98.7 Å². The van der Waals surface area contributed by atoms with Gasteiger partial charge in [0.05, 0.1) is 29.6 Å². The maximum absolute atomic E-state index is 9.81. The Kier molecular flexibility index (Phi) is 5.60. The summed E-state index contributed by atoms with van der Waals surface area (Å²) < 4.78 is 7.41. The average molecular weight is 392 g/mol. The van der Waals surface area contributed by atoms with Crippen molar-refractivity contribution in [1.29, 1.82) is 5.26 Å². The first kappa shape index (κ1) is 19.2. The second-order valence-electron chi connectivity index (χ2n) is 7.07. The van der Waals surface area contributed by atoms with Crippen LogP contribution in [-0.2, 0) is 0 Å². The number of nitrogens with zero attached hydrogens (tertiary/aromatic N) is 5. The fraction of sp³-hybridized carbons (Fsp3) is 0.381. The van der Waals surface area contributed by atoms with Crippen molar-refractivity contribution in [3.8, 4) is 22.9 Å². The number of aliphatic hydroxyl groups is 1. The first-order chi connectivity index (χ1) is 14.2. The van der Waals surface area contributed by atoms with Crippen LogP contribution in [0.4, 0.5) is 5.82 Å². The van der Waals surface area contributed by atoms with Gasteiger partial charge in [0, 0.05) is 43.5 Å². The van der Waals surface area contributed by atoms with Gasteiger partial charge in [-0.05, 0) is 24.6 Å². The number of fused-ring (bicyclic) bond motifs is 1. The third-order valence-corrected chi connectivity index (χ3v) is 5.12. The molecule has 0 amide bonds. The highest BCUT2D eigenvalue weighted by Crippen LogP contribution is 2.31. The Morgan fingerprint density at radius 1 is 1.31 bits per heavy atom. The monoisotopic (exact) mass is 392 g/mol. The van der Waals surface area contributed by atoms with Crippen LogP contribution in [0.5, 0.6) is 5.75 Å². The first-order valence-electron chi connectivity index (χ1n) is 9.84. The molecule has 1 unspecified atom stereocenters. The number of aliphatic hydroxyl groups excluding tert-OH is 1. The second kappa shape index (κ2) is 8.47. The molecule has 4 heterocycles. The van der Waals surface area contributed by atoms with E-state index in [1.807, 2.05) is 31.3 Å². The van der Waals surface area contributed by atoms with Gasteiger partial charge in [0.2, 0.25) is 0 Å². The molecule has 1 fully saturated rings. The fourth-order valence-corrected chi connectivity index (χ4v) is 3.41. The molecule has 4 rings (SSSR count). The Bertz CT molecular complexity index is 1020. The summed E-state index contributed by atoms with van der Waals surface area (Å²) in [7, 11) is 0. The SMILES string of the molecule is CCC(O)COc1cc(-c2ccc(N3CCNCC3)nc2)c2c(C#N)cnn2c1. The van der Waals surface area contributed by atoms with Gasteiger partial charge >= 0.3 is 0 Å². The molecule has 3 aromatic heterocycles. The highest BCUT2D eigenvalue weighted by molar-refractivity contribution is 5.85. The van der Waals surface area contributed by atoms with Gasteiger partial charge in [-0.15, -0.1) is 0 Å². The van der Waals surface area contributed by atoms with Crippen LogP contribution in [0, 0.1) is 11.3 Å². The van der Waals surface area contributed by atoms with Crippen molar-refractivity contribution in [3.63, 3.8) is 0 Å². The smallest absolute Gasteiger partial charge is 0.138 e. The minimum Gasteiger partial charge on any atom is -0.489 e. The van der Waals surface area contributed by atoms with Crippen LogP contribution in [0.25, 0.3) is 16.6 Å². The first-order valence-corrected chi connectivity index (χ1v) is 9.84. The van der Waals surface area contributed by atoms with Crippen molar-refractivity contribution in [2.45, 2.75) is 19.4 Å². The van der Waals surface area contributed by atoms with Crippen LogP contribution in [0.1, 0.15) is 18.9 Å². The largest absolute Gasteiger partial charge is 0.489 e. The van der Waals surface area contributed by atoms with E-state index in [0.717, 1.165) is 43.1 Å². The Morgan fingerprint density at radius 3 is 2.83 bits per heavy atom. The summed E-state index contributed by atoms with van der Waals surface area (Å²) in [6, 6.07) is 8.10. The lowest BCUT2D eigenvalue weighted by molar-refractivity contribution is 0.104. The number of rotatable bonds is 6.